The van der Waals surface area contributed by atoms with E-state index in [-0.39, 0.29) is 5.91 Å². The Balaban J connectivity index is 1.68. The molecular weight excluding hydrogens is 362 g/mol. The first-order valence-corrected chi connectivity index (χ1v) is 11.2. The van der Waals surface area contributed by atoms with E-state index in [1.165, 1.54) is 38.9 Å². The summed E-state index contributed by atoms with van der Waals surface area (Å²) in [5, 5.41) is 9.39. The van der Waals surface area contributed by atoms with Crippen LogP contribution in [-0.4, -0.2) is 63.1 Å². The third-order valence-electron chi connectivity index (χ3n) is 5.50. The van der Waals surface area contributed by atoms with Crippen molar-refractivity contribution in [3.8, 4) is 0 Å². The van der Waals surface area contributed by atoms with Gasteiger partial charge in [0.2, 0.25) is 0 Å². The van der Waals surface area contributed by atoms with Gasteiger partial charge in [-0.05, 0) is 82.3 Å². The topological polar surface area (TPSA) is 68.8 Å². The molecule has 0 saturated carbocycles. The highest BCUT2D eigenvalue weighted by Gasteiger charge is 2.14. The lowest BCUT2D eigenvalue weighted by atomic mass is 9.99. The number of hydrogen-bond donors (Lipinski definition) is 3. The van der Waals surface area contributed by atoms with Crippen LogP contribution in [0.25, 0.3) is 0 Å². The molecule has 0 spiro atoms. The predicted octanol–water partition coefficient (Wildman–Crippen LogP) is 2.66. The molecule has 0 atom stereocenters. The van der Waals surface area contributed by atoms with Crippen LogP contribution in [0.3, 0.4) is 0 Å². The third-order valence-corrected chi connectivity index (χ3v) is 5.50. The lowest BCUT2D eigenvalue weighted by Crippen LogP contribution is -2.38. The smallest absolute Gasteiger partial charge is 0.251 e. The van der Waals surface area contributed by atoms with Gasteiger partial charge in [0.1, 0.15) is 0 Å². The van der Waals surface area contributed by atoms with Gasteiger partial charge < -0.3 is 20.9 Å². The lowest BCUT2D eigenvalue weighted by molar-refractivity contribution is 0.0963. The van der Waals surface area contributed by atoms with Crippen molar-refractivity contribution in [3.63, 3.8) is 0 Å². The van der Waals surface area contributed by atoms with Crippen LogP contribution in [-0.2, 0) is 6.42 Å². The maximum atomic E-state index is 11.8. The Labute approximate surface area is 176 Å². The molecule has 1 saturated heterocycles. The van der Waals surface area contributed by atoms with Crippen LogP contribution in [0, 0.1) is 5.92 Å². The Morgan fingerprint density at radius 2 is 2.00 bits per heavy atom. The first-order chi connectivity index (χ1) is 14.1. The SMILES string of the molecule is CCNC(=NCCCCN1CCC(C)CC1)NCCc1cccc(C(=O)NC)c1. The van der Waals surface area contributed by atoms with Crippen LogP contribution < -0.4 is 16.0 Å². The van der Waals surface area contributed by atoms with Gasteiger partial charge in [-0.15, -0.1) is 0 Å². The van der Waals surface area contributed by atoms with Crippen LogP contribution in [0.1, 0.15) is 55.5 Å². The van der Waals surface area contributed by atoms with E-state index in [2.05, 4.69) is 40.8 Å². The third kappa shape index (κ3) is 8.86. The van der Waals surface area contributed by atoms with Crippen LogP contribution in [0.4, 0.5) is 0 Å². The van der Waals surface area contributed by atoms with E-state index in [0.29, 0.717) is 5.56 Å². The fraction of sp³-hybridized carbons (Fsp3) is 0.652. The number of benzene rings is 1. The molecule has 0 unspecified atom stereocenters. The minimum Gasteiger partial charge on any atom is -0.357 e. The van der Waals surface area contributed by atoms with Crippen molar-refractivity contribution in [1.82, 2.24) is 20.9 Å². The fourth-order valence-electron chi connectivity index (χ4n) is 3.60. The van der Waals surface area contributed by atoms with Crippen LogP contribution >= 0.6 is 0 Å². The van der Waals surface area contributed by atoms with Gasteiger partial charge in [-0.1, -0.05) is 19.1 Å². The van der Waals surface area contributed by atoms with E-state index >= 15 is 0 Å². The number of nitrogens with one attached hydrogen (secondary N) is 3. The van der Waals surface area contributed by atoms with E-state index in [4.69, 9.17) is 4.99 Å². The summed E-state index contributed by atoms with van der Waals surface area (Å²) < 4.78 is 0. The van der Waals surface area contributed by atoms with Gasteiger partial charge in [-0.3, -0.25) is 9.79 Å². The second kappa shape index (κ2) is 13.2. The van der Waals surface area contributed by atoms with Gasteiger partial charge in [0.05, 0.1) is 0 Å². The molecule has 1 aliphatic rings. The molecule has 6 heteroatoms. The first kappa shape index (κ1) is 23.2. The van der Waals surface area contributed by atoms with Gasteiger partial charge in [0.15, 0.2) is 5.96 Å². The van der Waals surface area contributed by atoms with E-state index < -0.39 is 0 Å². The van der Waals surface area contributed by atoms with Crippen LogP contribution in [0.5, 0.6) is 0 Å². The maximum Gasteiger partial charge on any atom is 0.251 e. The molecule has 6 nitrogen and oxygen atoms in total. The zero-order chi connectivity index (χ0) is 20.9. The molecule has 1 aromatic carbocycles. The summed E-state index contributed by atoms with van der Waals surface area (Å²) in [6.45, 7) is 10.7. The summed E-state index contributed by atoms with van der Waals surface area (Å²) in [7, 11) is 1.66. The lowest BCUT2D eigenvalue weighted by Gasteiger charge is -2.30. The number of hydrogen-bond acceptors (Lipinski definition) is 3. The Hall–Kier alpha value is -2.08. The molecular formula is C23H39N5O. The van der Waals surface area contributed by atoms with Crippen molar-refractivity contribution in [2.75, 3.05) is 46.3 Å². The number of carbonyl (C=O) groups excluding carboxylic acids is 1. The summed E-state index contributed by atoms with van der Waals surface area (Å²) in [6.07, 6.45) is 5.88. The molecule has 29 heavy (non-hydrogen) atoms. The number of piperidine rings is 1. The Kier molecular flexibility index (Phi) is 10.6. The van der Waals surface area contributed by atoms with Crippen molar-refractivity contribution >= 4 is 11.9 Å². The highest BCUT2D eigenvalue weighted by molar-refractivity contribution is 5.94. The van der Waals surface area contributed by atoms with Gasteiger partial charge in [0.25, 0.3) is 5.91 Å². The van der Waals surface area contributed by atoms with Crippen molar-refractivity contribution < 1.29 is 4.79 Å². The highest BCUT2D eigenvalue weighted by Crippen LogP contribution is 2.16. The average molecular weight is 402 g/mol. The van der Waals surface area contributed by atoms with E-state index in [1.54, 1.807) is 7.05 Å². The summed E-state index contributed by atoms with van der Waals surface area (Å²) in [5.41, 5.74) is 1.85. The van der Waals surface area contributed by atoms with Crippen LogP contribution in [0.15, 0.2) is 29.3 Å². The molecule has 2 rings (SSSR count). The molecule has 0 radical (unpaired) electrons. The quantitative estimate of drug-likeness (QED) is 0.320. The number of unbranched alkanes of at least 4 members (excludes halogenated alkanes) is 1. The minimum absolute atomic E-state index is 0.0474. The first-order valence-electron chi connectivity index (χ1n) is 11.2. The number of rotatable bonds is 10. The van der Waals surface area contributed by atoms with Gasteiger partial charge in [0, 0.05) is 32.2 Å². The van der Waals surface area contributed by atoms with Crippen LogP contribution in [0.2, 0.25) is 0 Å². The molecule has 0 bridgehead atoms. The minimum atomic E-state index is -0.0474. The van der Waals surface area contributed by atoms with Crippen molar-refractivity contribution in [2.45, 2.75) is 46.0 Å². The Morgan fingerprint density at radius 3 is 2.72 bits per heavy atom. The molecule has 162 valence electrons. The predicted molar refractivity (Wildman–Crippen MR) is 122 cm³/mol. The normalized spacial score (nSPS) is 15.9. The molecule has 0 aromatic heterocycles. The molecule has 1 amide bonds. The monoisotopic (exact) mass is 401 g/mol. The molecule has 1 heterocycles. The fourth-order valence-corrected chi connectivity index (χ4v) is 3.60. The second-order valence-corrected chi connectivity index (χ2v) is 7.95. The Morgan fingerprint density at radius 1 is 1.21 bits per heavy atom. The summed E-state index contributed by atoms with van der Waals surface area (Å²) in [6, 6.07) is 7.78. The van der Waals surface area contributed by atoms with Gasteiger partial charge in [-0.2, -0.15) is 0 Å². The number of guanidine groups is 1. The summed E-state index contributed by atoms with van der Waals surface area (Å²) >= 11 is 0. The standard InChI is InChI=1S/C23H39N5O/c1-4-25-23(26-13-5-6-15-28-16-11-19(2)12-17-28)27-14-10-20-8-7-9-21(18-20)22(29)24-3/h7-9,18-19H,4-6,10-17H2,1-3H3,(H,24,29)(H2,25,26,27). The number of nitrogens with zero attached hydrogens (tertiary/aromatic N) is 2. The number of carbonyl (C=O) groups is 1. The molecule has 1 fully saturated rings. The highest BCUT2D eigenvalue weighted by atomic mass is 16.1. The Bertz CT molecular complexity index is 638. The number of likely N-dealkylation sites (tertiary alicyclic amines) is 1. The number of amides is 1. The summed E-state index contributed by atoms with van der Waals surface area (Å²) in [5.74, 6) is 1.73. The molecule has 1 aromatic rings. The molecule has 3 N–H and O–H groups in total. The van der Waals surface area contributed by atoms with E-state index in [9.17, 15) is 4.79 Å². The second-order valence-electron chi connectivity index (χ2n) is 7.95. The van der Waals surface area contributed by atoms with Crippen molar-refractivity contribution in [3.05, 3.63) is 35.4 Å². The van der Waals surface area contributed by atoms with Gasteiger partial charge >= 0.3 is 0 Å². The van der Waals surface area contributed by atoms with E-state index in [0.717, 1.165) is 49.9 Å². The molecule has 0 aliphatic carbocycles. The van der Waals surface area contributed by atoms with Gasteiger partial charge in [-0.25, -0.2) is 0 Å². The average Bonchev–Trinajstić information content (AvgIpc) is 2.74. The molecule has 1 aliphatic heterocycles. The summed E-state index contributed by atoms with van der Waals surface area (Å²) in [4.78, 5) is 19.1. The zero-order valence-corrected chi connectivity index (χ0v) is 18.5. The van der Waals surface area contributed by atoms with Crippen molar-refractivity contribution in [1.29, 1.82) is 0 Å². The van der Waals surface area contributed by atoms with Crippen molar-refractivity contribution in [2.24, 2.45) is 10.9 Å². The largest absolute Gasteiger partial charge is 0.357 e. The maximum absolute atomic E-state index is 11.8. The van der Waals surface area contributed by atoms with E-state index in [1.807, 2.05) is 18.2 Å². The number of aliphatic imine (C=N–C) groups is 1. The zero-order valence-electron chi connectivity index (χ0n) is 18.5.